The second-order valence-corrected chi connectivity index (χ2v) is 6.35. The van der Waals surface area contributed by atoms with Gasteiger partial charge in [0.2, 0.25) is 0 Å². The van der Waals surface area contributed by atoms with Crippen molar-refractivity contribution >= 4 is 5.91 Å². The van der Waals surface area contributed by atoms with Crippen LogP contribution in [0.4, 0.5) is 4.39 Å². The molecule has 1 aromatic carbocycles. The molecule has 0 bridgehead atoms. The molecule has 1 aromatic heterocycles. The van der Waals surface area contributed by atoms with Gasteiger partial charge in [-0.25, -0.2) is 9.37 Å². The Labute approximate surface area is 136 Å². The summed E-state index contributed by atoms with van der Waals surface area (Å²) < 4.78 is 13.7. The Kier molecular flexibility index (Phi) is 4.42. The largest absolute Gasteiger partial charge is 0.337 e. The highest BCUT2D eigenvalue weighted by molar-refractivity contribution is 5.93. The van der Waals surface area contributed by atoms with Crippen molar-refractivity contribution in [1.82, 2.24) is 9.88 Å². The lowest BCUT2D eigenvalue weighted by atomic mass is 9.99. The first-order chi connectivity index (χ1) is 11.0. The maximum Gasteiger partial charge on any atom is 0.272 e. The molecule has 2 heterocycles. The Hall–Kier alpha value is -2.23. The lowest BCUT2D eigenvalue weighted by molar-refractivity contribution is 0.0691. The van der Waals surface area contributed by atoms with E-state index in [1.165, 1.54) is 6.07 Å². The van der Waals surface area contributed by atoms with Crippen molar-refractivity contribution in [3.63, 3.8) is 0 Å². The van der Waals surface area contributed by atoms with Crippen LogP contribution in [-0.4, -0.2) is 28.9 Å². The van der Waals surface area contributed by atoms with Gasteiger partial charge in [0.25, 0.3) is 5.91 Å². The third kappa shape index (κ3) is 3.41. The minimum atomic E-state index is -0.258. The molecule has 0 spiro atoms. The Morgan fingerprint density at radius 1 is 1.22 bits per heavy atom. The first kappa shape index (κ1) is 15.7. The standard InChI is InChI=1S/C19H21FN2O/c1-13-8-10-22(11-9-13)19(23)18-5-3-4-17(21-18)15-7-6-14(2)16(20)12-15/h3-7,12-13H,8-11H2,1-2H3. The summed E-state index contributed by atoms with van der Waals surface area (Å²) in [5, 5.41) is 0. The van der Waals surface area contributed by atoms with Crippen molar-refractivity contribution in [2.45, 2.75) is 26.7 Å². The van der Waals surface area contributed by atoms with Crippen LogP contribution in [0.5, 0.6) is 0 Å². The highest BCUT2D eigenvalue weighted by Gasteiger charge is 2.22. The van der Waals surface area contributed by atoms with Gasteiger partial charge in [-0.05, 0) is 49.4 Å². The second kappa shape index (κ2) is 6.49. The van der Waals surface area contributed by atoms with Crippen LogP contribution in [0.2, 0.25) is 0 Å². The molecule has 2 aromatic rings. The quantitative estimate of drug-likeness (QED) is 0.837. The molecule has 4 heteroatoms. The number of pyridine rings is 1. The van der Waals surface area contributed by atoms with Gasteiger partial charge in [0, 0.05) is 18.7 Å². The molecular formula is C19H21FN2O. The van der Waals surface area contributed by atoms with Gasteiger partial charge in [-0.1, -0.05) is 25.1 Å². The van der Waals surface area contributed by atoms with Crippen molar-refractivity contribution in [2.24, 2.45) is 5.92 Å². The zero-order chi connectivity index (χ0) is 16.4. The molecule has 1 saturated heterocycles. The summed E-state index contributed by atoms with van der Waals surface area (Å²) in [5.41, 5.74) is 2.34. The molecule has 0 saturated carbocycles. The number of aromatic nitrogens is 1. The van der Waals surface area contributed by atoms with Crippen molar-refractivity contribution in [2.75, 3.05) is 13.1 Å². The third-order valence-electron chi connectivity index (χ3n) is 4.51. The molecule has 3 nitrogen and oxygen atoms in total. The summed E-state index contributed by atoms with van der Waals surface area (Å²) in [5.74, 6) is 0.381. The fourth-order valence-electron chi connectivity index (χ4n) is 2.84. The van der Waals surface area contributed by atoms with Crippen LogP contribution in [0, 0.1) is 18.7 Å². The number of likely N-dealkylation sites (tertiary alicyclic amines) is 1. The first-order valence-corrected chi connectivity index (χ1v) is 8.07. The summed E-state index contributed by atoms with van der Waals surface area (Å²) in [6.07, 6.45) is 2.07. The number of benzene rings is 1. The highest BCUT2D eigenvalue weighted by Crippen LogP contribution is 2.22. The fraction of sp³-hybridized carbons (Fsp3) is 0.368. The zero-order valence-corrected chi connectivity index (χ0v) is 13.6. The molecular weight excluding hydrogens is 291 g/mol. The Balaban J connectivity index is 1.84. The fourth-order valence-corrected chi connectivity index (χ4v) is 2.84. The Bertz CT molecular complexity index is 721. The normalized spacial score (nSPS) is 15.7. The van der Waals surface area contributed by atoms with Gasteiger partial charge in [0.15, 0.2) is 0 Å². The maximum absolute atomic E-state index is 13.7. The topological polar surface area (TPSA) is 33.2 Å². The molecule has 1 aliphatic rings. The number of hydrogen-bond donors (Lipinski definition) is 0. The number of halogens is 1. The van der Waals surface area contributed by atoms with Crippen LogP contribution in [0.1, 0.15) is 35.8 Å². The average molecular weight is 312 g/mol. The van der Waals surface area contributed by atoms with Crippen LogP contribution in [-0.2, 0) is 0 Å². The van der Waals surface area contributed by atoms with Gasteiger partial charge in [-0.15, -0.1) is 0 Å². The van der Waals surface area contributed by atoms with Crippen LogP contribution in [0.3, 0.4) is 0 Å². The van der Waals surface area contributed by atoms with E-state index in [1.54, 1.807) is 31.2 Å². The zero-order valence-electron chi connectivity index (χ0n) is 13.6. The number of hydrogen-bond acceptors (Lipinski definition) is 2. The number of aryl methyl sites for hydroxylation is 1. The first-order valence-electron chi connectivity index (χ1n) is 8.07. The van der Waals surface area contributed by atoms with E-state index >= 15 is 0 Å². The third-order valence-corrected chi connectivity index (χ3v) is 4.51. The van der Waals surface area contributed by atoms with E-state index in [0.717, 1.165) is 25.9 Å². The van der Waals surface area contributed by atoms with Crippen molar-refractivity contribution in [3.8, 4) is 11.3 Å². The minimum absolute atomic E-state index is 0.0358. The van der Waals surface area contributed by atoms with E-state index in [1.807, 2.05) is 11.0 Å². The number of carbonyl (C=O) groups excluding carboxylic acids is 1. The predicted octanol–water partition coefficient (Wildman–Crippen LogP) is 4.07. The Morgan fingerprint density at radius 2 is 1.96 bits per heavy atom. The van der Waals surface area contributed by atoms with E-state index in [-0.39, 0.29) is 11.7 Å². The van der Waals surface area contributed by atoms with Crippen LogP contribution >= 0.6 is 0 Å². The average Bonchev–Trinajstić information content (AvgIpc) is 2.57. The lowest BCUT2D eigenvalue weighted by Gasteiger charge is -2.30. The van der Waals surface area contributed by atoms with Crippen LogP contribution in [0.25, 0.3) is 11.3 Å². The number of rotatable bonds is 2. The molecule has 1 aliphatic heterocycles. The molecule has 0 atom stereocenters. The number of amides is 1. The summed E-state index contributed by atoms with van der Waals surface area (Å²) in [6, 6.07) is 10.4. The highest BCUT2D eigenvalue weighted by atomic mass is 19.1. The molecule has 0 radical (unpaired) electrons. The maximum atomic E-state index is 13.7. The molecule has 0 unspecified atom stereocenters. The number of nitrogens with zero attached hydrogens (tertiary/aromatic N) is 2. The van der Waals surface area contributed by atoms with E-state index in [4.69, 9.17) is 0 Å². The van der Waals surface area contributed by atoms with E-state index in [2.05, 4.69) is 11.9 Å². The van der Waals surface area contributed by atoms with Gasteiger partial charge < -0.3 is 4.90 Å². The van der Waals surface area contributed by atoms with Gasteiger partial charge >= 0.3 is 0 Å². The summed E-state index contributed by atoms with van der Waals surface area (Å²) in [7, 11) is 0. The number of carbonyl (C=O) groups is 1. The van der Waals surface area contributed by atoms with Crippen molar-refractivity contribution in [1.29, 1.82) is 0 Å². The molecule has 3 rings (SSSR count). The molecule has 120 valence electrons. The minimum Gasteiger partial charge on any atom is -0.337 e. The summed E-state index contributed by atoms with van der Waals surface area (Å²) in [4.78, 5) is 18.9. The predicted molar refractivity (Wildman–Crippen MR) is 88.7 cm³/mol. The summed E-state index contributed by atoms with van der Waals surface area (Å²) >= 11 is 0. The molecule has 0 aliphatic carbocycles. The molecule has 1 fully saturated rings. The Morgan fingerprint density at radius 3 is 2.65 bits per heavy atom. The lowest BCUT2D eigenvalue weighted by Crippen LogP contribution is -2.38. The molecule has 23 heavy (non-hydrogen) atoms. The van der Waals surface area contributed by atoms with Crippen molar-refractivity contribution in [3.05, 3.63) is 53.5 Å². The van der Waals surface area contributed by atoms with E-state index < -0.39 is 0 Å². The monoisotopic (exact) mass is 312 g/mol. The van der Waals surface area contributed by atoms with Crippen LogP contribution in [0.15, 0.2) is 36.4 Å². The van der Waals surface area contributed by atoms with Crippen LogP contribution < -0.4 is 0 Å². The van der Waals surface area contributed by atoms with Gasteiger partial charge in [-0.3, -0.25) is 4.79 Å². The smallest absolute Gasteiger partial charge is 0.272 e. The van der Waals surface area contributed by atoms with E-state index in [9.17, 15) is 9.18 Å². The molecule has 0 N–H and O–H groups in total. The second-order valence-electron chi connectivity index (χ2n) is 6.35. The molecule has 1 amide bonds. The summed E-state index contributed by atoms with van der Waals surface area (Å²) in [6.45, 7) is 5.51. The van der Waals surface area contributed by atoms with Gasteiger partial charge in [0.05, 0.1) is 5.69 Å². The van der Waals surface area contributed by atoms with Gasteiger partial charge in [-0.2, -0.15) is 0 Å². The SMILES string of the molecule is Cc1ccc(-c2cccc(C(=O)N3CCC(C)CC3)n2)cc1F. The number of piperidine rings is 1. The van der Waals surface area contributed by atoms with E-state index in [0.29, 0.717) is 28.4 Å². The van der Waals surface area contributed by atoms with Crippen molar-refractivity contribution < 1.29 is 9.18 Å². The van der Waals surface area contributed by atoms with Gasteiger partial charge in [0.1, 0.15) is 11.5 Å².